The summed E-state index contributed by atoms with van der Waals surface area (Å²) in [7, 11) is 1.19. The molecule has 13 heteroatoms. The zero-order chi connectivity index (χ0) is 25.4. The Kier molecular flexibility index (Phi) is 8.48. The molecule has 13 nitrogen and oxygen atoms in total. The number of ketones is 1. The molecule has 0 aliphatic carbocycles. The van der Waals surface area contributed by atoms with E-state index in [1.807, 2.05) is 0 Å². The summed E-state index contributed by atoms with van der Waals surface area (Å²) >= 11 is 0. The van der Waals surface area contributed by atoms with E-state index in [9.17, 15) is 24.5 Å². The van der Waals surface area contributed by atoms with Crippen molar-refractivity contribution in [2.75, 3.05) is 31.7 Å². The van der Waals surface area contributed by atoms with Crippen LogP contribution in [-0.4, -0.2) is 65.7 Å². The van der Waals surface area contributed by atoms with Gasteiger partial charge in [0, 0.05) is 31.5 Å². The molecule has 0 amide bonds. The highest BCUT2D eigenvalue weighted by molar-refractivity contribution is 6.05. The van der Waals surface area contributed by atoms with Crippen LogP contribution in [0.5, 0.6) is 11.6 Å². The number of carbonyl (C=O) groups is 3. The first-order valence-corrected chi connectivity index (χ1v) is 10.8. The lowest BCUT2D eigenvalue weighted by atomic mass is 10.1. The topological polar surface area (TPSA) is 160 Å². The Labute approximate surface area is 200 Å². The predicted molar refractivity (Wildman–Crippen MR) is 120 cm³/mol. The number of benzene rings is 1. The molecule has 35 heavy (non-hydrogen) atoms. The number of nitro groups is 1. The van der Waals surface area contributed by atoms with Crippen molar-refractivity contribution in [2.45, 2.75) is 32.3 Å². The van der Waals surface area contributed by atoms with Crippen LogP contribution >= 0.6 is 0 Å². The Morgan fingerprint density at radius 1 is 1.14 bits per heavy atom. The van der Waals surface area contributed by atoms with Gasteiger partial charge in [-0.3, -0.25) is 19.7 Å². The zero-order valence-electron chi connectivity index (χ0n) is 19.2. The van der Waals surface area contributed by atoms with Gasteiger partial charge in [0.05, 0.1) is 18.6 Å². The summed E-state index contributed by atoms with van der Waals surface area (Å²) in [6, 6.07) is 5.74. The summed E-state index contributed by atoms with van der Waals surface area (Å²) < 4.78 is 20.1. The molecule has 0 atom stereocenters. The van der Waals surface area contributed by atoms with Gasteiger partial charge in [0.25, 0.3) is 0 Å². The van der Waals surface area contributed by atoms with E-state index >= 15 is 0 Å². The maximum atomic E-state index is 12.1. The van der Waals surface area contributed by atoms with E-state index in [1.165, 1.54) is 31.4 Å². The Morgan fingerprint density at radius 2 is 1.83 bits per heavy atom. The summed E-state index contributed by atoms with van der Waals surface area (Å²) in [5.41, 5.74) is -0.156. The van der Waals surface area contributed by atoms with Crippen molar-refractivity contribution in [2.24, 2.45) is 0 Å². The van der Waals surface area contributed by atoms with Crippen molar-refractivity contribution >= 4 is 29.4 Å². The van der Waals surface area contributed by atoms with Crippen LogP contribution in [0.25, 0.3) is 0 Å². The molecule has 2 aromatic rings. The summed E-state index contributed by atoms with van der Waals surface area (Å²) in [5, 5.41) is 11.9. The van der Waals surface area contributed by atoms with Crippen molar-refractivity contribution in [3.63, 3.8) is 0 Å². The third kappa shape index (κ3) is 6.62. The highest BCUT2D eigenvalue weighted by atomic mass is 16.7. The number of nitrogens with zero attached hydrogens (tertiary/aromatic N) is 4. The van der Waals surface area contributed by atoms with Gasteiger partial charge >= 0.3 is 23.7 Å². The van der Waals surface area contributed by atoms with Crippen LogP contribution in [0, 0.1) is 10.1 Å². The molecule has 0 spiro atoms. The van der Waals surface area contributed by atoms with E-state index < -0.39 is 34.9 Å². The molecule has 0 unspecified atom stereocenters. The zero-order valence-corrected chi connectivity index (χ0v) is 19.2. The summed E-state index contributed by atoms with van der Waals surface area (Å²) in [5.74, 6) is -1.07. The first kappa shape index (κ1) is 25.3. The fraction of sp³-hybridized carbons (Fsp3) is 0.409. The second-order valence-electron chi connectivity index (χ2n) is 7.40. The lowest BCUT2D eigenvalue weighted by Crippen LogP contribution is -2.38. The van der Waals surface area contributed by atoms with E-state index in [0.29, 0.717) is 25.9 Å². The van der Waals surface area contributed by atoms with Crippen LogP contribution in [0.4, 0.5) is 16.3 Å². The smallest absolute Gasteiger partial charge is 0.469 e. The van der Waals surface area contributed by atoms with E-state index in [1.54, 1.807) is 11.8 Å². The van der Waals surface area contributed by atoms with Gasteiger partial charge in [-0.1, -0.05) is 0 Å². The first-order valence-electron chi connectivity index (χ1n) is 10.8. The molecular formula is C22H24N4O9. The highest BCUT2D eigenvalue weighted by Gasteiger charge is 2.32. The lowest BCUT2D eigenvalue weighted by Gasteiger charge is -2.31. The number of hydrogen-bond donors (Lipinski definition) is 0. The Hall–Kier alpha value is -4.29. The number of anilines is 1. The largest absolute Gasteiger partial charge is 0.508 e. The summed E-state index contributed by atoms with van der Waals surface area (Å²) in [6.07, 6.45) is 0.538. The Bertz CT molecular complexity index is 1080. The Morgan fingerprint density at radius 3 is 2.43 bits per heavy atom. The van der Waals surface area contributed by atoms with Crippen LogP contribution in [0.15, 0.2) is 30.6 Å². The molecule has 3 rings (SSSR count). The number of aromatic nitrogens is 2. The van der Waals surface area contributed by atoms with Crippen LogP contribution in [-0.2, 0) is 19.0 Å². The van der Waals surface area contributed by atoms with E-state index in [-0.39, 0.29) is 35.7 Å². The van der Waals surface area contributed by atoms with Gasteiger partial charge in [-0.15, -0.1) is 0 Å². The molecule has 1 aromatic carbocycles. The van der Waals surface area contributed by atoms with Gasteiger partial charge in [0.15, 0.2) is 5.78 Å². The minimum absolute atomic E-state index is 0.0828. The highest BCUT2D eigenvalue weighted by Crippen LogP contribution is 2.37. The fourth-order valence-corrected chi connectivity index (χ4v) is 3.42. The van der Waals surface area contributed by atoms with Crippen LogP contribution in [0.2, 0.25) is 0 Å². The van der Waals surface area contributed by atoms with Gasteiger partial charge in [0.2, 0.25) is 5.82 Å². The van der Waals surface area contributed by atoms with Crippen LogP contribution < -0.4 is 9.64 Å². The maximum absolute atomic E-state index is 12.1. The van der Waals surface area contributed by atoms with Gasteiger partial charge in [0.1, 0.15) is 24.6 Å². The van der Waals surface area contributed by atoms with E-state index in [2.05, 4.69) is 14.7 Å². The molecule has 2 heterocycles. The number of rotatable bonds is 9. The normalized spacial score (nSPS) is 13.6. The third-order valence-electron chi connectivity index (χ3n) is 5.14. The summed E-state index contributed by atoms with van der Waals surface area (Å²) in [6.45, 7) is 2.60. The third-order valence-corrected chi connectivity index (χ3v) is 5.14. The van der Waals surface area contributed by atoms with Crippen LogP contribution in [0.3, 0.4) is 0 Å². The van der Waals surface area contributed by atoms with Crippen LogP contribution in [0.1, 0.15) is 36.5 Å². The van der Waals surface area contributed by atoms with Crippen molar-refractivity contribution in [1.82, 2.24) is 9.97 Å². The minimum Gasteiger partial charge on any atom is -0.469 e. The van der Waals surface area contributed by atoms with E-state index in [0.717, 1.165) is 6.33 Å². The second kappa shape index (κ2) is 11.7. The van der Waals surface area contributed by atoms with Crippen molar-refractivity contribution in [1.29, 1.82) is 0 Å². The van der Waals surface area contributed by atoms with Gasteiger partial charge in [-0.05, 0) is 31.2 Å². The minimum atomic E-state index is -0.743. The number of piperidine rings is 1. The molecule has 1 fully saturated rings. The molecule has 0 saturated carbocycles. The number of esters is 1. The van der Waals surface area contributed by atoms with Gasteiger partial charge in [-0.25, -0.2) is 9.78 Å². The van der Waals surface area contributed by atoms with Gasteiger partial charge in [-0.2, -0.15) is 4.98 Å². The standard InChI is InChI=1S/C22H24N4O9/c1-3-33-22(29)35-16-8-10-25(11-9-16)20-19(26(30)31)21(24-13-23-20)34-15-6-4-14(5-7-15)17(27)12-18(28)32-2/h4-7,13,16H,3,8-12H2,1-2H3. The molecule has 0 bridgehead atoms. The van der Waals surface area contributed by atoms with Crippen molar-refractivity contribution in [3.8, 4) is 11.6 Å². The number of ether oxygens (including phenoxy) is 4. The Balaban J connectivity index is 1.72. The van der Waals surface area contributed by atoms with Gasteiger partial charge < -0.3 is 23.8 Å². The fourth-order valence-electron chi connectivity index (χ4n) is 3.42. The number of methoxy groups -OCH3 is 1. The predicted octanol–water partition coefficient (Wildman–Crippen LogP) is 3.06. The van der Waals surface area contributed by atoms with Crippen molar-refractivity contribution in [3.05, 3.63) is 46.3 Å². The lowest BCUT2D eigenvalue weighted by molar-refractivity contribution is -0.385. The maximum Gasteiger partial charge on any atom is 0.508 e. The average molecular weight is 488 g/mol. The monoisotopic (exact) mass is 488 g/mol. The molecule has 1 aromatic heterocycles. The SMILES string of the molecule is CCOC(=O)OC1CCN(c2ncnc(Oc3ccc(C(=O)CC(=O)OC)cc3)c2[N+](=O)[O-])CC1. The number of Topliss-reactive ketones (excluding diaryl/α,β-unsaturated/α-hetero) is 1. The molecule has 1 aliphatic rings. The number of hydrogen-bond acceptors (Lipinski definition) is 12. The quantitative estimate of drug-likeness (QED) is 0.167. The molecule has 186 valence electrons. The second-order valence-corrected chi connectivity index (χ2v) is 7.40. The number of carbonyl (C=O) groups excluding carboxylic acids is 3. The molecule has 1 aliphatic heterocycles. The molecule has 0 N–H and O–H groups in total. The first-order chi connectivity index (χ1) is 16.8. The summed E-state index contributed by atoms with van der Waals surface area (Å²) in [4.78, 5) is 55.8. The van der Waals surface area contributed by atoms with E-state index in [4.69, 9.17) is 14.2 Å². The molecule has 1 saturated heterocycles. The van der Waals surface area contributed by atoms with Crippen molar-refractivity contribution < 1.29 is 38.3 Å². The molecular weight excluding hydrogens is 464 g/mol. The molecule has 0 radical (unpaired) electrons. The average Bonchev–Trinajstić information content (AvgIpc) is 2.84.